The number of hydrogen-bond donors (Lipinski definition) is 0. The van der Waals surface area contributed by atoms with Crippen LogP contribution in [0.4, 0.5) is 5.69 Å². The predicted octanol–water partition coefficient (Wildman–Crippen LogP) is 2.94. The van der Waals surface area contributed by atoms with Gasteiger partial charge in [-0.25, -0.2) is 0 Å². The van der Waals surface area contributed by atoms with Gasteiger partial charge in [0, 0.05) is 30.9 Å². The van der Waals surface area contributed by atoms with Crippen molar-refractivity contribution in [2.45, 2.75) is 18.9 Å². The van der Waals surface area contributed by atoms with E-state index in [1.165, 1.54) is 6.42 Å². The Morgan fingerprint density at radius 3 is 3.14 bits per heavy atom. The molecular weight excluding hydrogens is 219 g/mol. The van der Waals surface area contributed by atoms with E-state index in [4.69, 9.17) is 23.2 Å². The molecule has 0 spiro atoms. The molecule has 0 aliphatic carbocycles. The second-order valence-corrected chi connectivity index (χ2v) is 4.19. The minimum absolute atomic E-state index is 0.427. The van der Waals surface area contributed by atoms with E-state index in [1.54, 1.807) is 12.4 Å². The van der Waals surface area contributed by atoms with Crippen molar-refractivity contribution in [3.05, 3.63) is 23.5 Å². The fraction of sp³-hybridized carbons (Fsp3) is 0.500. The Balaban J connectivity index is 2.26. The molecule has 0 bridgehead atoms. The molecule has 1 saturated heterocycles. The molecule has 1 aliphatic heterocycles. The van der Waals surface area contributed by atoms with Crippen molar-refractivity contribution in [1.82, 2.24) is 4.98 Å². The standard InChI is InChI=1S/C10H12Cl2N2/c11-6-8-2-1-5-14(8)10-3-4-13-7-9(10)12/h3-4,7-8H,1-2,5-6H2. The molecule has 0 saturated carbocycles. The highest BCUT2D eigenvalue weighted by molar-refractivity contribution is 6.33. The summed E-state index contributed by atoms with van der Waals surface area (Å²) < 4.78 is 0. The number of alkyl halides is 1. The highest BCUT2D eigenvalue weighted by Crippen LogP contribution is 2.31. The zero-order valence-electron chi connectivity index (χ0n) is 7.79. The largest absolute Gasteiger partial charge is 0.366 e. The number of nitrogens with zero attached hydrogens (tertiary/aromatic N) is 2. The zero-order chi connectivity index (χ0) is 9.97. The van der Waals surface area contributed by atoms with Crippen molar-refractivity contribution in [1.29, 1.82) is 0 Å². The van der Waals surface area contributed by atoms with Crippen molar-refractivity contribution in [2.75, 3.05) is 17.3 Å². The average Bonchev–Trinajstić information content (AvgIpc) is 2.66. The van der Waals surface area contributed by atoms with Crippen LogP contribution in [0.5, 0.6) is 0 Å². The fourth-order valence-corrected chi connectivity index (χ4v) is 2.46. The summed E-state index contributed by atoms with van der Waals surface area (Å²) in [5, 5.41) is 0.713. The summed E-state index contributed by atoms with van der Waals surface area (Å²) in [7, 11) is 0. The maximum Gasteiger partial charge on any atom is 0.0822 e. The van der Waals surface area contributed by atoms with Gasteiger partial charge in [0.05, 0.1) is 10.7 Å². The topological polar surface area (TPSA) is 16.1 Å². The van der Waals surface area contributed by atoms with Crippen LogP contribution in [0.15, 0.2) is 18.5 Å². The van der Waals surface area contributed by atoms with Crippen molar-refractivity contribution in [3.8, 4) is 0 Å². The lowest BCUT2D eigenvalue weighted by Gasteiger charge is -2.25. The maximum absolute atomic E-state index is 6.08. The second kappa shape index (κ2) is 4.37. The fourth-order valence-electron chi connectivity index (χ4n) is 1.91. The molecule has 1 unspecified atom stereocenters. The van der Waals surface area contributed by atoms with Crippen LogP contribution in [0.25, 0.3) is 0 Å². The summed E-state index contributed by atoms with van der Waals surface area (Å²) in [5.74, 6) is 0.665. The van der Waals surface area contributed by atoms with Gasteiger partial charge in [-0.15, -0.1) is 11.6 Å². The van der Waals surface area contributed by atoms with Crippen LogP contribution in [0.3, 0.4) is 0 Å². The van der Waals surface area contributed by atoms with Gasteiger partial charge in [-0.2, -0.15) is 0 Å². The van der Waals surface area contributed by atoms with Gasteiger partial charge in [-0.3, -0.25) is 4.98 Å². The van der Waals surface area contributed by atoms with Gasteiger partial charge in [-0.05, 0) is 18.9 Å². The lowest BCUT2D eigenvalue weighted by atomic mass is 10.2. The molecule has 1 aromatic rings. The third-order valence-electron chi connectivity index (χ3n) is 2.62. The zero-order valence-corrected chi connectivity index (χ0v) is 9.30. The lowest BCUT2D eigenvalue weighted by molar-refractivity contribution is 0.741. The first-order valence-corrected chi connectivity index (χ1v) is 5.66. The molecule has 2 nitrogen and oxygen atoms in total. The molecule has 4 heteroatoms. The quantitative estimate of drug-likeness (QED) is 0.727. The highest BCUT2D eigenvalue weighted by Gasteiger charge is 2.25. The molecule has 0 N–H and O–H groups in total. The third kappa shape index (κ3) is 1.82. The number of pyridine rings is 1. The summed E-state index contributed by atoms with van der Waals surface area (Å²) in [5.41, 5.74) is 1.06. The molecule has 1 aromatic heterocycles. The molecule has 14 heavy (non-hydrogen) atoms. The Morgan fingerprint density at radius 1 is 1.57 bits per heavy atom. The Labute approximate surface area is 93.8 Å². The highest BCUT2D eigenvalue weighted by atomic mass is 35.5. The van der Waals surface area contributed by atoms with Gasteiger partial charge in [-0.1, -0.05) is 11.6 Å². The molecule has 76 valence electrons. The van der Waals surface area contributed by atoms with E-state index in [1.807, 2.05) is 6.07 Å². The Hall–Kier alpha value is -0.470. The molecule has 0 radical (unpaired) electrons. The van der Waals surface area contributed by atoms with E-state index >= 15 is 0 Å². The third-order valence-corrected chi connectivity index (χ3v) is 3.26. The van der Waals surface area contributed by atoms with E-state index in [0.29, 0.717) is 16.9 Å². The van der Waals surface area contributed by atoms with Crippen molar-refractivity contribution < 1.29 is 0 Å². The van der Waals surface area contributed by atoms with E-state index in [9.17, 15) is 0 Å². The number of anilines is 1. The molecule has 1 fully saturated rings. The minimum atomic E-state index is 0.427. The summed E-state index contributed by atoms with van der Waals surface area (Å²) in [6.07, 6.45) is 5.80. The van der Waals surface area contributed by atoms with Crippen LogP contribution in [0, 0.1) is 0 Å². The summed E-state index contributed by atoms with van der Waals surface area (Å²) >= 11 is 12.0. The van der Waals surface area contributed by atoms with E-state index in [0.717, 1.165) is 18.7 Å². The van der Waals surface area contributed by atoms with Crippen molar-refractivity contribution >= 4 is 28.9 Å². The second-order valence-electron chi connectivity index (χ2n) is 3.47. The molecular formula is C10H12Cl2N2. The number of halogens is 2. The number of rotatable bonds is 2. The minimum Gasteiger partial charge on any atom is -0.366 e. The lowest BCUT2D eigenvalue weighted by Crippen LogP contribution is -2.30. The van der Waals surface area contributed by atoms with Gasteiger partial charge in [0.2, 0.25) is 0 Å². The SMILES string of the molecule is ClCC1CCCN1c1ccncc1Cl. The van der Waals surface area contributed by atoms with Crippen molar-refractivity contribution in [2.24, 2.45) is 0 Å². The maximum atomic E-state index is 6.08. The first kappa shape index (κ1) is 10.1. The Bertz CT molecular complexity index is 317. The van der Waals surface area contributed by atoms with Crippen LogP contribution < -0.4 is 4.90 Å². The summed E-state index contributed by atoms with van der Waals surface area (Å²) in [6, 6.07) is 2.38. The molecule has 1 aliphatic rings. The molecule has 1 atom stereocenters. The van der Waals surface area contributed by atoms with Crippen LogP contribution >= 0.6 is 23.2 Å². The van der Waals surface area contributed by atoms with Gasteiger partial charge in [0.1, 0.15) is 0 Å². The monoisotopic (exact) mass is 230 g/mol. The average molecular weight is 231 g/mol. The Morgan fingerprint density at radius 2 is 2.43 bits per heavy atom. The summed E-state index contributed by atoms with van der Waals surface area (Å²) in [4.78, 5) is 6.25. The smallest absolute Gasteiger partial charge is 0.0822 e. The molecule has 2 heterocycles. The first-order valence-electron chi connectivity index (χ1n) is 4.75. The van der Waals surface area contributed by atoms with Crippen LogP contribution in [-0.4, -0.2) is 23.5 Å². The van der Waals surface area contributed by atoms with E-state index < -0.39 is 0 Å². The van der Waals surface area contributed by atoms with Crippen molar-refractivity contribution in [3.63, 3.8) is 0 Å². The molecule has 0 amide bonds. The van der Waals surface area contributed by atoms with Gasteiger partial charge >= 0.3 is 0 Å². The number of hydrogen-bond acceptors (Lipinski definition) is 2. The Kier molecular flexibility index (Phi) is 3.14. The van der Waals surface area contributed by atoms with Crippen LogP contribution in [-0.2, 0) is 0 Å². The normalized spacial score (nSPS) is 21.6. The van der Waals surface area contributed by atoms with E-state index in [2.05, 4.69) is 9.88 Å². The van der Waals surface area contributed by atoms with Gasteiger partial charge in [0.15, 0.2) is 0 Å². The van der Waals surface area contributed by atoms with Gasteiger partial charge in [0.25, 0.3) is 0 Å². The predicted molar refractivity (Wildman–Crippen MR) is 60.3 cm³/mol. The van der Waals surface area contributed by atoms with Crippen LogP contribution in [0.2, 0.25) is 5.02 Å². The first-order chi connectivity index (χ1) is 6.83. The molecule has 2 rings (SSSR count). The number of aromatic nitrogens is 1. The van der Waals surface area contributed by atoms with Gasteiger partial charge < -0.3 is 4.90 Å². The molecule has 0 aromatic carbocycles. The van der Waals surface area contributed by atoms with E-state index in [-0.39, 0.29) is 0 Å². The van der Waals surface area contributed by atoms with Crippen LogP contribution in [0.1, 0.15) is 12.8 Å². The summed E-state index contributed by atoms with van der Waals surface area (Å²) in [6.45, 7) is 1.04.